The van der Waals surface area contributed by atoms with Crippen molar-refractivity contribution in [1.29, 1.82) is 0 Å². The SMILES string of the molecule is Nc1nc(C2CC2)c2ncn(C[C@H]3O[C@H](P(=O)(O)O)C[C@@H]3O)c2n1. The number of hydrogen-bond acceptors (Lipinski definition) is 7. The summed E-state index contributed by atoms with van der Waals surface area (Å²) < 4.78 is 18.3. The van der Waals surface area contributed by atoms with Gasteiger partial charge >= 0.3 is 7.60 Å². The molecule has 3 atom stereocenters. The van der Waals surface area contributed by atoms with Gasteiger partial charge in [-0.3, -0.25) is 4.57 Å². The van der Waals surface area contributed by atoms with Gasteiger partial charge in [-0.25, -0.2) is 9.97 Å². The first-order chi connectivity index (χ1) is 11.3. The maximum atomic E-state index is 11.3. The van der Waals surface area contributed by atoms with Gasteiger partial charge in [-0.05, 0) is 12.8 Å². The zero-order chi connectivity index (χ0) is 17.1. The van der Waals surface area contributed by atoms with E-state index in [4.69, 9.17) is 10.5 Å². The number of rotatable bonds is 4. The van der Waals surface area contributed by atoms with E-state index in [1.807, 2.05) is 0 Å². The second-order valence-electron chi connectivity index (χ2n) is 6.33. The molecule has 24 heavy (non-hydrogen) atoms. The minimum atomic E-state index is -4.40. The smallest absolute Gasteiger partial charge is 0.354 e. The molecule has 0 radical (unpaired) electrons. The summed E-state index contributed by atoms with van der Waals surface area (Å²) in [5.74, 6) is -0.769. The van der Waals surface area contributed by atoms with E-state index in [1.54, 1.807) is 10.9 Å². The number of nitrogen functional groups attached to an aromatic ring is 1. The maximum Gasteiger partial charge on any atom is 0.354 e. The van der Waals surface area contributed by atoms with E-state index in [9.17, 15) is 19.5 Å². The Morgan fingerprint density at radius 3 is 2.75 bits per heavy atom. The van der Waals surface area contributed by atoms with Crippen molar-refractivity contribution in [1.82, 2.24) is 19.5 Å². The van der Waals surface area contributed by atoms with Gasteiger partial charge in [0, 0.05) is 12.3 Å². The van der Waals surface area contributed by atoms with Crippen LogP contribution in [0.5, 0.6) is 0 Å². The van der Waals surface area contributed by atoms with E-state index >= 15 is 0 Å². The Hall–Kier alpha value is -1.58. The van der Waals surface area contributed by atoms with Crippen LogP contribution < -0.4 is 5.73 Å². The number of imidazole rings is 1. The molecule has 2 aliphatic rings. The number of aromatic nitrogens is 4. The first-order valence-electron chi connectivity index (χ1n) is 7.70. The van der Waals surface area contributed by atoms with Crippen molar-refractivity contribution < 1.29 is 24.2 Å². The number of hydrogen-bond donors (Lipinski definition) is 4. The third kappa shape index (κ3) is 2.80. The molecule has 10 nitrogen and oxygen atoms in total. The molecule has 4 rings (SSSR count). The zero-order valence-corrected chi connectivity index (χ0v) is 13.6. The van der Waals surface area contributed by atoms with Crippen molar-refractivity contribution in [3.05, 3.63) is 12.0 Å². The standard InChI is InChI=1S/C13H18N5O5P/c14-13-16-10(6-1-2-6)11-12(17-13)18(5-15-11)4-8-7(19)3-9(23-8)24(20,21)22/h5-9,19H,1-4H2,(H2,14,16,17)(H2,20,21,22)/t7-,8+,9+/m0/s1. The van der Waals surface area contributed by atoms with E-state index in [2.05, 4.69) is 15.0 Å². The van der Waals surface area contributed by atoms with Gasteiger partial charge in [-0.2, -0.15) is 4.98 Å². The minimum Gasteiger partial charge on any atom is -0.390 e. The van der Waals surface area contributed by atoms with Crippen molar-refractivity contribution in [2.45, 2.75) is 49.8 Å². The summed E-state index contributed by atoms with van der Waals surface area (Å²) in [5, 5.41) is 10.0. The summed E-state index contributed by atoms with van der Waals surface area (Å²) in [6.45, 7) is 0.175. The fourth-order valence-corrected chi connectivity index (χ4v) is 3.85. The van der Waals surface area contributed by atoms with Crippen LogP contribution in [0.4, 0.5) is 5.95 Å². The third-order valence-electron chi connectivity index (χ3n) is 4.43. The molecular formula is C13H18N5O5P. The number of ether oxygens (including phenoxy) is 1. The van der Waals surface area contributed by atoms with Crippen molar-refractivity contribution >= 4 is 24.7 Å². The average Bonchev–Trinajstić information content (AvgIpc) is 3.17. The largest absolute Gasteiger partial charge is 0.390 e. The molecule has 1 aliphatic carbocycles. The number of fused-ring (bicyclic) bond motifs is 1. The highest BCUT2D eigenvalue weighted by molar-refractivity contribution is 7.52. The van der Waals surface area contributed by atoms with Gasteiger partial charge in [0.05, 0.1) is 24.7 Å². The molecule has 0 amide bonds. The monoisotopic (exact) mass is 355 g/mol. The molecule has 3 heterocycles. The average molecular weight is 355 g/mol. The van der Waals surface area contributed by atoms with Gasteiger partial charge in [0.25, 0.3) is 0 Å². The number of nitrogens with zero attached hydrogens (tertiary/aromatic N) is 4. The van der Waals surface area contributed by atoms with Crippen molar-refractivity contribution in [3.8, 4) is 0 Å². The lowest BCUT2D eigenvalue weighted by atomic mass is 10.2. The van der Waals surface area contributed by atoms with E-state index < -0.39 is 25.6 Å². The normalized spacial score (nSPS) is 27.9. The molecule has 1 saturated carbocycles. The Bertz CT molecular complexity index is 832. The highest BCUT2D eigenvalue weighted by atomic mass is 31.2. The summed E-state index contributed by atoms with van der Waals surface area (Å²) in [4.78, 5) is 31.3. The summed E-state index contributed by atoms with van der Waals surface area (Å²) in [7, 11) is -4.40. The molecule has 0 bridgehead atoms. The van der Waals surface area contributed by atoms with E-state index in [1.165, 1.54) is 0 Å². The van der Waals surface area contributed by atoms with Gasteiger partial charge in [0.2, 0.25) is 5.95 Å². The first-order valence-corrected chi connectivity index (χ1v) is 9.38. The Labute approximate surface area is 136 Å². The topological polar surface area (TPSA) is 157 Å². The predicted molar refractivity (Wildman–Crippen MR) is 83.0 cm³/mol. The summed E-state index contributed by atoms with van der Waals surface area (Å²) in [6.07, 6.45) is 1.83. The number of aliphatic hydroxyl groups is 1. The van der Waals surface area contributed by atoms with Crippen LogP contribution in [0.1, 0.15) is 30.9 Å². The van der Waals surface area contributed by atoms with E-state index in [0.29, 0.717) is 17.1 Å². The van der Waals surface area contributed by atoms with Crippen LogP contribution in [-0.4, -0.2) is 52.5 Å². The third-order valence-corrected chi connectivity index (χ3v) is 5.51. The Kier molecular flexibility index (Phi) is 3.63. The van der Waals surface area contributed by atoms with Gasteiger partial charge in [0.15, 0.2) is 11.5 Å². The Balaban J connectivity index is 1.62. The van der Waals surface area contributed by atoms with Crippen molar-refractivity contribution in [2.24, 2.45) is 0 Å². The fraction of sp³-hybridized carbons (Fsp3) is 0.615. The lowest BCUT2D eigenvalue weighted by Crippen LogP contribution is -2.26. The van der Waals surface area contributed by atoms with Crippen LogP contribution in [0.15, 0.2) is 6.33 Å². The number of nitrogens with two attached hydrogens (primary N) is 1. The molecule has 2 aromatic rings. The fourth-order valence-electron chi connectivity index (χ4n) is 3.04. The Morgan fingerprint density at radius 1 is 1.38 bits per heavy atom. The first kappa shape index (κ1) is 15.9. The quantitative estimate of drug-likeness (QED) is 0.551. The maximum absolute atomic E-state index is 11.3. The number of anilines is 1. The predicted octanol–water partition coefficient (Wildman–Crippen LogP) is -0.0605. The molecule has 1 aliphatic heterocycles. The van der Waals surface area contributed by atoms with Crippen LogP contribution in [0.2, 0.25) is 0 Å². The van der Waals surface area contributed by atoms with Gasteiger partial charge in [-0.1, -0.05) is 0 Å². The van der Waals surface area contributed by atoms with Crippen molar-refractivity contribution in [3.63, 3.8) is 0 Å². The van der Waals surface area contributed by atoms with Gasteiger partial charge in [-0.15, -0.1) is 0 Å². The number of aliphatic hydroxyl groups excluding tert-OH is 1. The molecule has 1 saturated heterocycles. The van der Waals surface area contributed by atoms with Crippen LogP contribution >= 0.6 is 7.60 Å². The Morgan fingerprint density at radius 2 is 2.12 bits per heavy atom. The van der Waals surface area contributed by atoms with Crippen LogP contribution in [0.3, 0.4) is 0 Å². The molecule has 5 N–H and O–H groups in total. The lowest BCUT2D eigenvalue weighted by molar-refractivity contribution is 0.0163. The molecule has 0 spiro atoms. The van der Waals surface area contributed by atoms with E-state index in [0.717, 1.165) is 18.5 Å². The molecule has 2 fully saturated rings. The molecular weight excluding hydrogens is 337 g/mol. The van der Waals surface area contributed by atoms with Gasteiger partial charge < -0.3 is 29.9 Å². The lowest BCUT2D eigenvalue weighted by Gasteiger charge is -2.16. The van der Waals surface area contributed by atoms with Gasteiger partial charge in [0.1, 0.15) is 11.6 Å². The van der Waals surface area contributed by atoms with Crippen LogP contribution in [0.25, 0.3) is 11.2 Å². The highest BCUT2D eigenvalue weighted by Crippen LogP contribution is 2.48. The second-order valence-corrected chi connectivity index (χ2v) is 8.09. The molecule has 130 valence electrons. The van der Waals surface area contributed by atoms with Crippen LogP contribution in [0, 0.1) is 0 Å². The van der Waals surface area contributed by atoms with Crippen molar-refractivity contribution in [2.75, 3.05) is 5.73 Å². The van der Waals surface area contributed by atoms with E-state index in [-0.39, 0.29) is 18.9 Å². The van der Waals surface area contributed by atoms with Crippen LogP contribution in [-0.2, 0) is 15.8 Å². The molecule has 0 aromatic carbocycles. The summed E-state index contributed by atoms with van der Waals surface area (Å²) >= 11 is 0. The highest BCUT2D eigenvalue weighted by Gasteiger charge is 2.43. The minimum absolute atomic E-state index is 0.105. The molecule has 11 heteroatoms. The summed E-state index contributed by atoms with van der Waals surface area (Å²) in [5.41, 5.74) is 7.83. The second kappa shape index (κ2) is 5.47. The summed E-state index contributed by atoms with van der Waals surface area (Å²) in [6, 6.07) is 0. The molecule has 0 unspecified atom stereocenters. The zero-order valence-electron chi connectivity index (χ0n) is 12.7. The molecule has 2 aromatic heterocycles.